The molecule has 0 aliphatic heterocycles. The molecule has 106 valence electrons. The van der Waals surface area contributed by atoms with Crippen LogP contribution in [0.25, 0.3) is 0 Å². The summed E-state index contributed by atoms with van der Waals surface area (Å²) < 4.78 is 1.01. The minimum absolute atomic E-state index is 0.154. The standard InChI is InChI=1S/C13H11BrCl2N2OS/c1-18(5-9-4-8(14)6-20-9)13(19)7-2-10(15)12(17)11(16)3-7/h2-4,6H,5,17H2,1H3. The number of halogens is 3. The lowest BCUT2D eigenvalue weighted by Crippen LogP contribution is -2.25. The molecule has 1 aromatic heterocycles. The van der Waals surface area contributed by atoms with Crippen molar-refractivity contribution in [3.05, 3.63) is 48.5 Å². The van der Waals surface area contributed by atoms with Crippen LogP contribution in [0.4, 0.5) is 5.69 Å². The molecule has 0 unspecified atom stereocenters. The van der Waals surface area contributed by atoms with E-state index in [0.717, 1.165) is 9.35 Å². The Bertz CT molecular complexity index is 637. The highest BCUT2D eigenvalue weighted by molar-refractivity contribution is 9.10. The molecule has 7 heteroatoms. The first-order valence-corrected chi connectivity index (χ1v) is 8.04. The van der Waals surface area contributed by atoms with Crippen LogP contribution >= 0.6 is 50.5 Å². The Morgan fingerprint density at radius 3 is 2.45 bits per heavy atom. The summed E-state index contributed by atoms with van der Waals surface area (Å²) in [5.41, 5.74) is 6.37. The zero-order chi connectivity index (χ0) is 14.9. The van der Waals surface area contributed by atoms with E-state index in [1.807, 2.05) is 11.4 Å². The van der Waals surface area contributed by atoms with Crippen molar-refractivity contribution in [3.63, 3.8) is 0 Å². The maximum absolute atomic E-state index is 12.3. The third kappa shape index (κ3) is 3.47. The highest BCUT2D eigenvalue weighted by Gasteiger charge is 2.16. The van der Waals surface area contributed by atoms with E-state index in [1.165, 1.54) is 12.1 Å². The number of carbonyl (C=O) groups excluding carboxylic acids is 1. The fourth-order valence-electron chi connectivity index (χ4n) is 1.67. The predicted octanol–water partition coefficient (Wildman–Crippen LogP) is 4.67. The zero-order valence-corrected chi connectivity index (χ0v) is 14.4. The molecule has 3 nitrogen and oxygen atoms in total. The zero-order valence-electron chi connectivity index (χ0n) is 10.5. The van der Waals surface area contributed by atoms with Crippen LogP contribution in [0.5, 0.6) is 0 Å². The van der Waals surface area contributed by atoms with E-state index in [4.69, 9.17) is 28.9 Å². The summed E-state index contributed by atoms with van der Waals surface area (Å²) in [4.78, 5) is 15.0. The molecule has 2 aromatic rings. The molecule has 0 bridgehead atoms. The van der Waals surface area contributed by atoms with Crippen molar-refractivity contribution in [1.82, 2.24) is 4.90 Å². The van der Waals surface area contributed by atoms with Gasteiger partial charge in [0.25, 0.3) is 5.91 Å². The minimum atomic E-state index is -0.154. The summed E-state index contributed by atoms with van der Waals surface area (Å²) in [6.45, 7) is 0.523. The van der Waals surface area contributed by atoms with Gasteiger partial charge in [-0.05, 0) is 34.1 Å². The van der Waals surface area contributed by atoms with E-state index in [2.05, 4.69) is 15.9 Å². The SMILES string of the molecule is CN(Cc1cc(Br)cs1)C(=O)c1cc(Cl)c(N)c(Cl)c1. The van der Waals surface area contributed by atoms with Crippen LogP contribution in [-0.4, -0.2) is 17.9 Å². The van der Waals surface area contributed by atoms with Crippen LogP contribution in [0.15, 0.2) is 28.1 Å². The third-order valence-corrected chi connectivity index (χ3v) is 5.00. The molecular formula is C13H11BrCl2N2OS. The third-order valence-electron chi connectivity index (χ3n) is 2.69. The molecule has 1 heterocycles. The molecule has 0 spiro atoms. The van der Waals surface area contributed by atoms with Crippen LogP contribution in [0, 0.1) is 0 Å². The van der Waals surface area contributed by atoms with Gasteiger partial charge < -0.3 is 10.6 Å². The van der Waals surface area contributed by atoms with Gasteiger partial charge in [-0.15, -0.1) is 11.3 Å². The Morgan fingerprint density at radius 1 is 1.35 bits per heavy atom. The Hall–Kier alpha value is -0.750. The second-order valence-corrected chi connectivity index (χ2v) is 6.97. The first-order chi connectivity index (χ1) is 9.38. The molecular weight excluding hydrogens is 383 g/mol. The van der Waals surface area contributed by atoms with Crippen molar-refractivity contribution in [2.24, 2.45) is 0 Å². The molecule has 2 rings (SSSR count). The number of nitrogens with zero attached hydrogens (tertiary/aromatic N) is 1. The van der Waals surface area contributed by atoms with Gasteiger partial charge in [-0.1, -0.05) is 23.2 Å². The van der Waals surface area contributed by atoms with Crippen molar-refractivity contribution in [2.45, 2.75) is 6.54 Å². The van der Waals surface area contributed by atoms with Crippen LogP contribution in [0.1, 0.15) is 15.2 Å². The average Bonchev–Trinajstić information content (AvgIpc) is 2.79. The lowest BCUT2D eigenvalue weighted by molar-refractivity contribution is 0.0786. The first-order valence-electron chi connectivity index (χ1n) is 5.61. The van der Waals surface area contributed by atoms with E-state index in [9.17, 15) is 4.79 Å². The summed E-state index contributed by atoms with van der Waals surface area (Å²) in [6.07, 6.45) is 0. The predicted molar refractivity (Wildman–Crippen MR) is 88.7 cm³/mol. The van der Waals surface area contributed by atoms with Gasteiger partial charge >= 0.3 is 0 Å². The number of thiophene rings is 1. The summed E-state index contributed by atoms with van der Waals surface area (Å²) in [5, 5.41) is 2.55. The molecule has 0 saturated carbocycles. The lowest BCUT2D eigenvalue weighted by Gasteiger charge is -2.17. The van der Waals surface area contributed by atoms with Gasteiger partial charge in [-0.2, -0.15) is 0 Å². The van der Waals surface area contributed by atoms with Gasteiger partial charge in [-0.25, -0.2) is 0 Å². The molecule has 0 aliphatic carbocycles. The molecule has 0 saturated heterocycles. The molecule has 0 radical (unpaired) electrons. The monoisotopic (exact) mass is 392 g/mol. The second kappa shape index (κ2) is 6.35. The van der Waals surface area contributed by atoms with Crippen LogP contribution in [0.3, 0.4) is 0 Å². The number of carbonyl (C=O) groups is 1. The Balaban J connectivity index is 2.18. The summed E-state index contributed by atoms with van der Waals surface area (Å²) >= 11 is 16.9. The lowest BCUT2D eigenvalue weighted by atomic mass is 10.2. The number of nitrogens with two attached hydrogens (primary N) is 1. The first kappa shape index (κ1) is 15.6. The van der Waals surface area contributed by atoms with Crippen molar-refractivity contribution < 1.29 is 4.79 Å². The number of nitrogen functional groups attached to an aromatic ring is 1. The average molecular weight is 394 g/mol. The van der Waals surface area contributed by atoms with Gasteiger partial charge in [-0.3, -0.25) is 4.79 Å². The Morgan fingerprint density at radius 2 is 1.95 bits per heavy atom. The van der Waals surface area contributed by atoms with E-state index < -0.39 is 0 Å². The Kier molecular flexibility index (Phi) is 4.96. The van der Waals surface area contributed by atoms with Crippen molar-refractivity contribution in [3.8, 4) is 0 Å². The number of hydrogen-bond acceptors (Lipinski definition) is 3. The fourth-order valence-corrected chi connectivity index (χ4v) is 3.66. The molecule has 20 heavy (non-hydrogen) atoms. The molecule has 1 aromatic carbocycles. The molecule has 2 N–H and O–H groups in total. The molecule has 0 atom stereocenters. The Labute approximate surface area is 139 Å². The molecule has 1 amide bonds. The van der Waals surface area contributed by atoms with Gasteiger partial charge in [0.05, 0.1) is 22.3 Å². The minimum Gasteiger partial charge on any atom is -0.396 e. The number of rotatable bonds is 3. The smallest absolute Gasteiger partial charge is 0.254 e. The summed E-state index contributed by atoms with van der Waals surface area (Å²) in [7, 11) is 1.73. The van der Waals surface area contributed by atoms with Crippen LogP contribution in [-0.2, 0) is 6.54 Å². The van der Waals surface area contributed by atoms with Gasteiger partial charge in [0, 0.05) is 27.3 Å². The largest absolute Gasteiger partial charge is 0.396 e. The number of amides is 1. The fraction of sp³-hybridized carbons (Fsp3) is 0.154. The quantitative estimate of drug-likeness (QED) is 0.770. The van der Waals surface area contributed by atoms with Gasteiger partial charge in [0.15, 0.2) is 0 Å². The van der Waals surface area contributed by atoms with Crippen molar-refractivity contribution in [2.75, 3.05) is 12.8 Å². The summed E-state index contributed by atoms with van der Waals surface area (Å²) in [5.74, 6) is -0.154. The molecule has 0 aliphatic rings. The van der Waals surface area contributed by atoms with E-state index >= 15 is 0 Å². The highest BCUT2D eigenvalue weighted by Crippen LogP contribution is 2.29. The van der Waals surface area contributed by atoms with E-state index in [0.29, 0.717) is 12.1 Å². The van der Waals surface area contributed by atoms with Crippen molar-refractivity contribution in [1.29, 1.82) is 0 Å². The highest BCUT2D eigenvalue weighted by atomic mass is 79.9. The number of benzene rings is 1. The van der Waals surface area contributed by atoms with E-state index in [1.54, 1.807) is 23.3 Å². The topological polar surface area (TPSA) is 46.3 Å². The normalized spacial score (nSPS) is 10.6. The number of hydrogen-bond donors (Lipinski definition) is 1. The van der Waals surface area contributed by atoms with Crippen LogP contribution < -0.4 is 5.73 Å². The summed E-state index contributed by atoms with van der Waals surface area (Å²) in [6, 6.07) is 5.05. The van der Waals surface area contributed by atoms with E-state index in [-0.39, 0.29) is 21.6 Å². The van der Waals surface area contributed by atoms with Gasteiger partial charge in [0.1, 0.15) is 0 Å². The second-order valence-electron chi connectivity index (χ2n) is 4.25. The molecule has 0 fully saturated rings. The van der Waals surface area contributed by atoms with Crippen LogP contribution in [0.2, 0.25) is 10.0 Å². The maximum Gasteiger partial charge on any atom is 0.254 e. The maximum atomic E-state index is 12.3. The van der Waals surface area contributed by atoms with Gasteiger partial charge in [0.2, 0.25) is 0 Å². The number of anilines is 1. The van der Waals surface area contributed by atoms with Crippen molar-refractivity contribution >= 4 is 62.1 Å².